The molecule has 0 amide bonds. The Kier molecular flexibility index (Phi) is 5.15. The van der Waals surface area contributed by atoms with E-state index in [2.05, 4.69) is 23.7 Å². The van der Waals surface area contributed by atoms with Crippen LogP contribution in [0.2, 0.25) is 5.15 Å². The second kappa shape index (κ2) is 6.39. The molecule has 0 aliphatic carbocycles. The first kappa shape index (κ1) is 13.7. The number of rotatable bonds is 6. The SMILES string of the molecule is CCCN(CCC)c1ccc([N+](=O)[O-])c(Cl)n1. The second-order valence-corrected chi connectivity index (χ2v) is 4.08. The number of anilines is 1. The van der Waals surface area contributed by atoms with Gasteiger partial charge in [0.2, 0.25) is 5.15 Å². The molecule has 17 heavy (non-hydrogen) atoms. The molecular formula is C11H16ClN3O2. The molecule has 0 unspecified atom stereocenters. The largest absolute Gasteiger partial charge is 0.357 e. The Morgan fingerprint density at radius 1 is 1.35 bits per heavy atom. The standard InChI is InChI=1S/C11H16ClN3O2/c1-3-7-14(8-4-2)10-6-5-9(15(16)17)11(12)13-10/h5-6H,3-4,7-8H2,1-2H3. The average molecular weight is 258 g/mol. The van der Waals surface area contributed by atoms with Crippen LogP contribution in [0.15, 0.2) is 12.1 Å². The van der Waals surface area contributed by atoms with Gasteiger partial charge in [-0.1, -0.05) is 25.4 Å². The Hall–Kier alpha value is -1.36. The van der Waals surface area contributed by atoms with Gasteiger partial charge >= 0.3 is 5.69 Å². The van der Waals surface area contributed by atoms with Crippen LogP contribution in [0.5, 0.6) is 0 Å². The third-order valence-corrected chi connectivity index (χ3v) is 2.60. The lowest BCUT2D eigenvalue weighted by Crippen LogP contribution is -2.25. The van der Waals surface area contributed by atoms with Crippen molar-refractivity contribution in [1.29, 1.82) is 0 Å². The highest BCUT2D eigenvalue weighted by atomic mass is 35.5. The van der Waals surface area contributed by atoms with E-state index in [9.17, 15) is 10.1 Å². The van der Waals surface area contributed by atoms with Gasteiger partial charge in [-0.2, -0.15) is 0 Å². The highest BCUT2D eigenvalue weighted by molar-refractivity contribution is 6.31. The van der Waals surface area contributed by atoms with Gasteiger partial charge in [-0.15, -0.1) is 0 Å². The molecule has 6 heteroatoms. The minimum atomic E-state index is -0.525. The first-order chi connectivity index (χ1) is 8.10. The van der Waals surface area contributed by atoms with Gasteiger partial charge in [-0.25, -0.2) is 4.98 Å². The van der Waals surface area contributed by atoms with E-state index < -0.39 is 4.92 Å². The fraction of sp³-hybridized carbons (Fsp3) is 0.545. The van der Waals surface area contributed by atoms with Gasteiger partial charge in [0.25, 0.3) is 0 Å². The smallest absolute Gasteiger partial charge is 0.306 e. The van der Waals surface area contributed by atoms with E-state index in [1.54, 1.807) is 6.07 Å². The molecule has 0 saturated carbocycles. The molecule has 0 N–H and O–H groups in total. The van der Waals surface area contributed by atoms with Crippen molar-refractivity contribution >= 4 is 23.1 Å². The summed E-state index contributed by atoms with van der Waals surface area (Å²) in [7, 11) is 0. The lowest BCUT2D eigenvalue weighted by molar-refractivity contribution is -0.385. The number of hydrogen-bond acceptors (Lipinski definition) is 4. The minimum Gasteiger partial charge on any atom is -0.357 e. The first-order valence-electron chi connectivity index (χ1n) is 5.66. The van der Waals surface area contributed by atoms with Gasteiger partial charge in [-0.3, -0.25) is 10.1 Å². The third-order valence-electron chi connectivity index (χ3n) is 2.32. The molecule has 0 bridgehead atoms. The van der Waals surface area contributed by atoms with Crippen LogP contribution in [0.1, 0.15) is 26.7 Å². The molecule has 0 aliphatic rings. The lowest BCUT2D eigenvalue weighted by Gasteiger charge is -2.22. The Morgan fingerprint density at radius 2 is 1.94 bits per heavy atom. The number of pyridine rings is 1. The zero-order chi connectivity index (χ0) is 12.8. The quantitative estimate of drug-likeness (QED) is 0.446. The number of aromatic nitrogens is 1. The van der Waals surface area contributed by atoms with Crippen LogP contribution in [-0.4, -0.2) is 23.0 Å². The molecule has 0 fully saturated rings. The van der Waals surface area contributed by atoms with E-state index in [4.69, 9.17) is 11.6 Å². The van der Waals surface area contributed by atoms with Crippen molar-refractivity contribution in [3.05, 3.63) is 27.4 Å². The van der Waals surface area contributed by atoms with Crippen molar-refractivity contribution in [2.45, 2.75) is 26.7 Å². The number of nitro groups is 1. The molecule has 0 aliphatic heterocycles. The maximum absolute atomic E-state index is 10.6. The molecule has 94 valence electrons. The topological polar surface area (TPSA) is 59.3 Å². The van der Waals surface area contributed by atoms with Crippen LogP contribution in [-0.2, 0) is 0 Å². The monoisotopic (exact) mass is 257 g/mol. The van der Waals surface area contributed by atoms with Gasteiger partial charge in [0.1, 0.15) is 5.82 Å². The summed E-state index contributed by atoms with van der Waals surface area (Å²) in [5.41, 5.74) is -0.150. The van der Waals surface area contributed by atoms with E-state index >= 15 is 0 Å². The second-order valence-electron chi connectivity index (χ2n) is 3.72. The highest BCUT2D eigenvalue weighted by Crippen LogP contribution is 2.25. The molecule has 5 nitrogen and oxygen atoms in total. The molecule has 0 radical (unpaired) electrons. The zero-order valence-electron chi connectivity index (χ0n) is 10.0. The van der Waals surface area contributed by atoms with Crippen molar-refractivity contribution in [3.8, 4) is 0 Å². The Labute approximate surface area is 106 Å². The Balaban J connectivity index is 2.97. The molecule has 0 spiro atoms. The summed E-state index contributed by atoms with van der Waals surface area (Å²) < 4.78 is 0. The molecule has 0 aromatic carbocycles. The van der Waals surface area contributed by atoms with Gasteiger partial charge < -0.3 is 4.90 Å². The molecule has 0 saturated heterocycles. The summed E-state index contributed by atoms with van der Waals surface area (Å²) in [5.74, 6) is 0.698. The van der Waals surface area contributed by atoms with Crippen molar-refractivity contribution in [2.75, 3.05) is 18.0 Å². The van der Waals surface area contributed by atoms with Crippen LogP contribution in [0.3, 0.4) is 0 Å². The van der Waals surface area contributed by atoms with Crippen LogP contribution >= 0.6 is 11.6 Å². The van der Waals surface area contributed by atoms with Crippen molar-refractivity contribution in [2.24, 2.45) is 0 Å². The van der Waals surface area contributed by atoms with Gasteiger partial charge in [-0.05, 0) is 18.9 Å². The number of nitrogens with zero attached hydrogens (tertiary/aromatic N) is 3. The van der Waals surface area contributed by atoms with Crippen LogP contribution in [0.25, 0.3) is 0 Å². The highest BCUT2D eigenvalue weighted by Gasteiger charge is 2.16. The molecule has 1 aromatic rings. The van der Waals surface area contributed by atoms with Crippen LogP contribution in [0.4, 0.5) is 11.5 Å². The van der Waals surface area contributed by atoms with E-state index in [-0.39, 0.29) is 10.8 Å². The lowest BCUT2D eigenvalue weighted by atomic mass is 10.3. The van der Waals surface area contributed by atoms with Gasteiger partial charge in [0.05, 0.1) is 4.92 Å². The minimum absolute atomic E-state index is 0.0512. The normalized spacial score (nSPS) is 10.3. The van der Waals surface area contributed by atoms with E-state index in [0.717, 1.165) is 25.9 Å². The zero-order valence-corrected chi connectivity index (χ0v) is 10.8. The summed E-state index contributed by atoms with van der Waals surface area (Å²) in [5, 5.41) is 10.6. The number of hydrogen-bond donors (Lipinski definition) is 0. The summed E-state index contributed by atoms with van der Waals surface area (Å²) in [6.07, 6.45) is 1.99. The van der Waals surface area contributed by atoms with Crippen LogP contribution in [0, 0.1) is 10.1 Å². The molecular weight excluding hydrogens is 242 g/mol. The molecule has 1 heterocycles. The molecule has 1 aromatic heterocycles. The Morgan fingerprint density at radius 3 is 2.35 bits per heavy atom. The van der Waals surface area contributed by atoms with E-state index in [1.165, 1.54) is 6.07 Å². The van der Waals surface area contributed by atoms with Gasteiger partial charge in [0, 0.05) is 19.2 Å². The fourth-order valence-electron chi connectivity index (χ4n) is 1.61. The molecule has 1 rings (SSSR count). The first-order valence-corrected chi connectivity index (χ1v) is 6.03. The van der Waals surface area contributed by atoms with E-state index in [0.29, 0.717) is 5.82 Å². The predicted octanol–water partition coefficient (Wildman–Crippen LogP) is 3.27. The summed E-state index contributed by atoms with van der Waals surface area (Å²) >= 11 is 5.79. The summed E-state index contributed by atoms with van der Waals surface area (Å²) in [6.45, 7) is 5.90. The molecule has 0 atom stereocenters. The summed E-state index contributed by atoms with van der Waals surface area (Å²) in [6, 6.07) is 3.05. The van der Waals surface area contributed by atoms with Crippen LogP contribution < -0.4 is 4.90 Å². The number of halogens is 1. The fourth-order valence-corrected chi connectivity index (χ4v) is 1.83. The predicted molar refractivity (Wildman–Crippen MR) is 68.7 cm³/mol. The van der Waals surface area contributed by atoms with Gasteiger partial charge in [0.15, 0.2) is 0 Å². The van der Waals surface area contributed by atoms with Crippen molar-refractivity contribution in [3.63, 3.8) is 0 Å². The maximum Gasteiger partial charge on any atom is 0.306 e. The summed E-state index contributed by atoms with van der Waals surface area (Å²) in [4.78, 5) is 16.3. The Bertz CT molecular complexity index is 392. The van der Waals surface area contributed by atoms with E-state index in [1.807, 2.05) is 0 Å². The average Bonchev–Trinajstić information content (AvgIpc) is 2.28. The van der Waals surface area contributed by atoms with Crippen molar-refractivity contribution in [1.82, 2.24) is 4.98 Å². The third kappa shape index (κ3) is 3.56. The van der Waals surface area contributed by atoms with Crippen molar-refractivity contribution < 1.29 is 4.92 Å². The maximum atomic E-state index is 10.6.